The van der Waals surface area contributed by atoms with E-state index in [9.17, 15) is 62.3 Å². The van der Waals surface area contributed by atoms with Crippen molar-refractivity contribution in [3.63, 3.8) is 0 Å². The van der Waals surface area contributed by atoms with Crippen LogP contribution in [0.3, 0.4) is 0 Å². The summed E-state index contributed by atoms with van der Waals surface area (Å²) in [4.78, 5) is 35.7. The summed E-state index contributed by atoms with van der Waals surface area (Å²) < 4.78 is 136. The third-order valence-electron chi connectivity index (χ3n) is 1.68. The molecule has 0 aliphatic carbocycles. The second kappa shape index (κ2) is 25.6. The molecule has 0 unspecified atom stereocenters. The molecule has 214 valence electrons. The molecule has 0 spiro atoms. The van der Waals surface area contributed by atoms with Crippen LogP contribution >= 0.6 is 0 Å². The van der Waals surface area contributed by atoms with Gasteiger partial charge >= 0.3 is 24.7 Å². The van der Waals surface area contributed by atoms with Gasteiger partial charge in [0.05, 0.1) is 0 Å². The molecule has 0 heterocycles. The van der Waals surface area contributed by atoms with Crippen LogP contribution in [0.1, 0.15) is 7.43 Å². The van der Waals surface area contributed by atoms with Gasteiger partial charge in [0.2, 0.25) is 11.5 Å². The van der Waals surface area contributed by atoms with E-state index < -0.39 is 59.9 Å². The van der Waals surface area contributed by atoms with Crippen molar-refractivity contribution in [2.24, 2.45) is 0 Å². The molecule has 0 aromatic heterocycles. The molecule has 35 heavy (non-hydrogen) atoms. The normalized spacial score (nSPS) is 11.0. The van der Waals surface area contributed by atoms with Crippen molar-refractivity contribution in [2.75, 3.05) is 0 Å². The van der Waals surface area contributed by atoms with Crippen molar-refractivity contribution < 1.29 is 192 Å². The fraction of sp³-hybridized carbons (Fsp3) is 0.385. The van der Waals surface area contributed by atoms with E-state index in [1.807, 2.05) is 13.6 Å². The van der Waals surface area contributed by atoms with Crippen molar-refractivity contribution in [1.82, 2.24) is 0 Å². The van der Waals surface area contributed by atoms with E-state index in [2.05, 4.69) is 0 Å². The smallest absolute Gasteiger partial charge is 0.454 e. The fourth-order valence-electron chi connectivity index (χ4n) is 0.576. The van der Waals surface area contributed by atoms with Crippen LogP contribution in [0.4, 0.5) is 52.7 Å². The number of halogens is 12. The maximum Gasteiger partial charge on any atom is 0.454 e. The van der Waals surface area contributed by atoms with Crippen molar-refractivity contribution in [3.05, 3.63) is 23.7 Å². The summed E-state index contributed by atoms with van der Waals surface area (Å²) in [6.07, 6.45) is -23.4. The molecule has 2 radical (unpaired) electrons. The Kier molecular flexibility index (Phi) is 43.9. The summed E-state index contributed by atoms with van der Waals surface area (Å²) in [7, 11) is 0. The van der Waals surface area contributed by atoms with Gasteiger partial charge < -0.3 is 30.8 Å². The average molecular weight is 832 g/mol. The number of alkyl halides is 12. The molecule has 0 rings (SSSR count). The zero-order valence-electron chi connectivity index (χ0n) is 15.4. The molecule has 0 aromatic carbocycles. The Hall–Kier alpha value is 0.00883. The fourth-order valence-corrected chi connectivity index (χ4v) is 0.576. The molecule has 6 N–H and O–H groups in total. The first-order valence-electron chi connectivity index (χ1n) is 5.86. The zero-order valence-corrected chi connectivity index (χ0v) is 20.2. The number of carbonyl (C=O) groups is 4. The van der Waals surface area contributed by atoms with E-state index in [0.717, 1.165) is 0 Å². The first-order valence-corrected chi connectivity index (χ1v) is 5.86. The minimum absolute atomic E-state index is 0. The Bertz CT molecular complexity index is 572. The Balaban J connectivity index is -0.0000000428. The largest absolute Gasteiger partial charge is 0.504 e. The zero-order chi connectivity index (χ0) is 25.7. The molecule has 0 saturated heterocycles. The summed E-state index contributed by atoms with van der Waals surface area (Å²) in [5.74, 6) is -10.7. The molecule has 0 aromatic rings. The van der Waals surface area contributed by atoms with Crippen LogP contribution in [0.15, 0.2) is 23.7 Å². The Morgan fingerprint density at radius 2 is 0.657 bits per heavy atom. The predicted octanol–water partition coefficient (Wildman–Crippen LogP) is 2.86. The maximum atomic E-state index is 11.4. The minimum atomic E-state index is -5.42. The van der Waals surface area contributed by atoms with Crippen molar-refractivity contribution >= 4 is 25.1 Å². The number of allylic oxidation sites excluding steroid dienone is 4. The molecule has 0 amide bonds. The number of aliphatic hydroxyl groups is 2. The Morgan fingerprint density at radius 1 is 0.514 bits per heavy atom. The van der Waals surface area contributed by atoms with Crippen LogP contribution < -0.4 is 0 Å². The monoisotopic (exact) mass is 834 g/mol. The average Bonchev–Trinajstić information content (AvgIpc) is 2.55. The molecule has 0 aliphatic rings. The number of carbonyl (C=O) groups excluding carboxylic acids is 4. The van der Waals surface area contributed by atoms with Crippen molar-refractivity contribution in [1.29, 1.82) is 0 Å². The third-order valence-corrected chi connectivity index (χ3v) is 1.68. The molecular formula is C13H16Eu2F12O8. The SMILES string of the molecule is C.C=O.C=O.O.O.O=C(C=C(O)C(F)(F)F)C(F)(F)F.O=C(C=C(O)C(F)(F)F)C(F)(F)F.[Eu].[Eu]. The van der Waals surface area contributed by atoms with Crippen LogP contribution in [0.5, 0.6) is 0 Å². The third kappa shape index (κ3) is 34.0. The van der Waals surface area contributed by atoms with Crippen LogP contribution in [0, 0.1) is 98.8 Å². The number of hydrogen-bond acceptors (Lipinski definition) is 6. The van der Waals surface area contributed by atoms with Crippen LogP contribution in [0.2, 0.25) is 0 Å². The minimum Gasteiger partial charge on any atom is -0.504 e. The quantitative estimate of drug-likeness (QED) is 0.246. The van der Waals surface area contributed by atoms with Gasteiger partial charge in [-0.05, 0) is 0 Å². The van der Waals surface area contributed by atoms with E-state index in [-0.39, 0.29) is 117 Å². The standard InChI is InChI=1S/2C5H2F6O2.2CH2O.CH4.2Eu.2H2O/c2*6-4(7,8)2(12)1-3(13)5(9,10)11;2*1-2;;;;;/h2*1,12H;2*1H2;1H4;;;2*1H2. The molecule has 0 aliphatic heterocycles. The van der Waals surface area contributed by atoms with Crippen molar-refractivity contribution in [2.45, 2.75) is 32.1 Å². The van der Waals surface area contributed by atoms with Gasteiger partial charge in [0.1, 0.15) is 13.6 Å². The number of rotatable bonds is 2. The van der Waals surface area contributed by atoms with Gasteiger partial charge in [-0.25, -0.2) is 0 Å². The second-order valence-electron chi connectivity index (χ2n) is 3.78. The molecular weight excluding hydrogens is 816 g/mol. The molecule has 0 atom stereocenters. The first kappa shape index (κ1) is 59.9. The van der Waals surface area contributed by atoms with E-state index in [1.54, 1.807) is 0 Å². The van der Waals surface area contributed by atoms with Crippen molar-refractivity contribution in [3.8, 4) is 0 Å². The topological polar surface area (TPSA) is 172 Å². The van der Waals surface area contributed by atoms with E-state index in [1.165, 1.54) is 0 Å². The van der Waals surface area contributed by atoms with E-state index >= 15 is 0 Å². The summed E-state index contributed by atoms with van der Waals surface area (Å²) in [6.45, 7) is 4.00. The molecule has 0 fully saturated rings. The summed E-state index contributed by atoms with van der Waals surface area (Å²) in [5, 5.41) is 15.9. The summed E-state index contributed by atoms with van der Waals surface area (Å²) >= 11 is 0. The predicted molar refractivity (Wildman–Crippen MR) is 83.9 cm³/mol. The van der Waals surface area contributed by atoms with Gasteiger partial charge in [0.15, 0.2) is 0 Å². The van der Waals surface area contributed by atoms with Crippen LogP contribution in [-0.2, 0) is 19.2 Å². The van der Waals surface area contributed by atoms with Crippen LogP contribution in [-0.4, -0.2) is 71.0 Å². The van der Waals surface area contributed by atoms with Gasteiger partial charge in [0.25, 0.3) is 11.6 Å². The number of hydrogen-bond donors (Lipinski definition) is 2. The Morgan fingerprint density at radius 3 is 0.743 bits per heavy atom. The number of aliphatic hydroxyl groups excluding tert-OH is 2. The van der Waals surface area contributed by atoms with E-state index in [0.29, 0.717) is 0 Å². The number of ketones is 2. The Labute approximate surface area is 269 Å². The van der Waals surface area contributed by atoms with Crippen LogP contribution in [0.25, 0.3) is 0 Å². The first-order chi connectivity index (χ1) is 13.1. The summed E-state index contributed by atoms with van der Waals surface area (Å²) in [5.41, 5.74) is 0. The van der Waals surface area contributed by atoms with Gasteiger partial charge in [0, 0.05) is 111 Å². The maximum absolute atomic E-state index is 11.4. The van der Waals surface area contributed by atoms with Gasteiger partial charge in [-0.1, -0.05) is 7.43 Å². The van der Waals surface area contributed by atoms with Gasteiger partial charge in [-0.3, -0.25) is 9.59 Å². The second-order valence-corrected chi connectivity index (χ2v) is 3.78. The van der Waals surface area contributed by atoms with E-state index in [4.69, 9.17) is 19.8 Å². The van der Waals surface area contributed by atoms with Gasteiger partial charge in [-0.15, -0.1) is 0 Å². The molecule has 0 saturated carbocycles. The molecule has 8 nitrogen and oxygen atoms in total. The molecule has 22 heteroatoms. The summed E-state index contributed by atoms with van der Waals surface area (Å²) in [6, 6.07) is 0. The molecule has 0 bridgehead atoms. The van der Waals surface area contributed by atoms with Gasteiger partial charge in [-0.2, -0.15) is 52.7 Å².